The van der Waals surface area contributed by atoms with Gasteiger partial charge < -0.3 is 20.1 Å². The molecule has 19 heavy (non-hydrogen) atoms. The van der Waals surface area contributed by atoms with Crippen LogP contribution in [0.2, 0.25) is 0 Å². The van der Waals surface area contributed by atoms with E-state index in [-0.39, 0.29) is 36.6 Å². The number of aromatic nitrogens is 1. The van der Waals surface area contributed by atoms with Crippen LogP contribution in [-0.4, -0.2) is 44.6 Å². The highest BCUT2D eigenvalue weighted by molar-refractivity contribution is 5.93. The first-order valence-corrected chi connectivity index (χ1v) is 6.28. The molecule has 1 N–H and O–H groups in total. The van der Waals surface area contributed by atoms with Crippen LogP contribution in [0.1, 0.15) is 29.8 Å². The lowest BCUT2D eigenvalue weighted by Gasteiger charge is -2.36. The van der Waals surface area contributed by atoms with E-state index in [0.29, 0.717) is 0 Å². The first kappa shape index (κ1) is 13.5. The molecule has 0 unspecified atom stereocenters. The SMILES string of the molecule is Cn1c(C(=O)N(CCO)C2CCC2)ccc1[N+](=O)[O-]. The number of nitro groups is 1. The van der Waals surface area contributed by atoms with E-state index in [2.05, 4.69) is 0 Å². The van der Waals surface area contributed by atoms with E-state index in [9.17, 15) is 14.9 Å². The van der Waals surface area contributed by atoms with E-state index in [1.807, 2.05) is 0 Å². The minimum absolute atomic E-state index is 0.102. The predicted octanol–water partition coefficient (Wildman–Crippen LogP) is 0.920. The van der Waals surface area contributed by atoms with Crippen molar-refractivity contribution in [3.8, 4) is 0 Å². The minimum Gasteiger partial charge on any atom is -0.395 e. The van der Waals surface area contributed by atoms with Crippen LogP contribution in [0, 0.1) is 10.1 Å². The van der Waals surface area contributed by atoms with Gasteiger partial charge >= 0.3 is 5.82 Å². The molecule has 1 aliphatic rings. The Morgan fingerprint density at radius 1 is 1.58 bits per heavy atom. The number of rotatable bonds is 5. The fourth-order valence-corrected chi connectivity index (χ4v) is 2.30. The molecule has 0 spiro atoms. The van der Waals surface area contributed by atoms with Gasteiger partial charge in [-0.2, -0.15) is 0 Å². The van der Waals surface area contributed by atoms with Crippen LogP contribution in [0.5, 0.6) is 0 Å². The van der Waals surface area contributed by atoms with E-state index in [4.69, 9.17) is 5.11 Å². The van der Waals surface area contributed by atoms with Crippen LogP contribution in [0.25, 0.3) is 0 Å². The lowest BCUT2D eigenvalue weighted by atomic mass is 9.91. The second-order valence-electron chi connectivity index (χ2n) is 4.70. The van der Waals surface area contributed by atoms with Crippen molar-refractivity contribution in [2.45, 2.75) is 25.3 Å². The summed E-state index contributed by atoms with van der Waals surface area (Å²) in [6.45, 7) is 0.164. The van der Waals surface area contributed by atoms with E-state index in [0.717, 1.165) is 19.3 Å². The highest BCUT2D eigenvalue weighted by Crippen LogP contribution is 2.27. The Bertz CT molecular complexity index is 493. The summed E-state index contributed by atoms with van der Waals surface area (Å²) < 4.78 is 1.28. The van der Waals surface area contributed by atoms with Crippen molar-refractivity contribution in [1.29, 1.82) is 0 Å². The Labute approximate surface area is 110 Å². The van der Waals surface area contributed by atoms with Gasteiger partial charge in [-0.25, -0.2) is 4.57 Å². The van der Waals surface area contributed by atoms with Crippen molar-refractivity contribution in [1.82, 2.24) is 9.47 Å². The lowest BCUT2D eigenvalue weighted by Crippen LogP contribution is -2.46. The molecule has 1 aromatic heterocycles. The van der Waals surface area contributed by atoms with Gasteiger partial charge in [0, 0.05) is 18.7 Å². The molecule has 1 heterocycles. The monoisotopic (exact) mass is 267 g/mol. The average molecular weight is 267 g/mol. The third-order valence-electron chi connectivity index (χ3n) is 3.62. The van der Waals surface area contributed by atoms with Crippen LogP contribution < -0.4 is 0 Å². The molecule has 0 atom stereocenters. The first-order chi connectivity index (χ1) is 9.06. The Hall–Kier alpha value is -1.89. The summed E-state index contributed by atoms with van der Waals surface area (Å²) in [6, 6.07) is 2.93. The summed E-state index contributed by atoms with van der Waals surface area (Å²) in [7, 11) is 1.50. The Morgan fingerprint density at radius 2 is 2.26 bits per heavy atom. The highest BCUT2D eigenvalue weighted by atomic mass is 16.6. The molecule has 0 aliphatic heterocycles. The second-order valence-corrected chi connectivity index (χ2v) is 4.70. The van der Waals surface area contributed by atoms with Gasteiger partial charge in [0.25, 0.3) is 5.91 Å². The maximum absolute atomic E-state index is 12.4. The molecule has 2 rings (SSSR count). The van der Waals surface area contributed by atoms with E-state index >= 15 is 0 Å². The number of aliphatic hydroxyl groups excluding tert-OH is 1. The summed E-state index contributed by atoms with van der Waals surface area (Å²) in [5.41, 5.74) is 0.284. The molecule has 1 aliphatic carbocycles. The molecular formula is C12H17N3O4. The maximum atomic E-state index is 12.4. The van der Waals surface area contributed by atoms with Gasteiger partial charge in [-0.05, 0) is 30.3 Å². The smallest absolute Gasteiger partial charge is 0.323 e. The topological polar surface area (TPSA) is 88.6 Å². The number of hydrogen-bond donors (Lipinski definition) is 1. The van der Waals surface area contributed by atoms with Crippen LogP contribution in [0.15, 0.2) is 12.1 Å². The van der Waals surface area contributed by atoms with E-state index < -0.39 is 4.92 Å². The number of carbonyl (C=O) groups is 1. The molecule has 1 aromatic rings. The molecule has 0 radical (unpaired) electrons. The molecule has 7 nitrogen and oxygen atoms in total. The summed E-state index contributed by atoms with van der Waals surface area (Å²) in [6.07, 6.45) is 2.93. The zero-order chi connectivity index (χ0) is 14.0. The van der Waals surface area contributed by atoms with Gasteiger partial charge in [-0.15, -0.1) is 0 Å². The van der Waals surface area contributed by atoms with Gasteiger partial charge in [0.05, 0.1) is 13.7 Å². The molecule has 0 aromatic carbocycles. The normalized spacial score (nSPS) is 15.1. The van der Waals surface area contributed by atoms with Crippen LogP contribution >= 0.6 is 0 Å². The maximum Gasteiger partial charge on any atom is 0.323 e. The van der Waals surface area contributed by atoms with Gasteiger partial charge in [0.15, 0.2) is 5.69 Å². The molecule has 7 heteroatoms. The Morgan fingerprint density at radius 3 is 2.68 bits per heavy atom. The van der Waals surface area contributed by atoms with Gasteiger partial charge in [0.2, 0.25) is 0 Å². The van der Waals surface area contributed by atoms with Crippen molar-refractivity contribution < 1.29 is 14.8 Å². The molecule has 1 saturated carbocycles. The van der Waals surface area contributed by atoms with E-state index in [1.54, 1.807) is 4.90 Å². The average Bonchev–Trinajstić information content (AvgIpc) is 2.67. The molecule has 1 fully saturated rings. The van der Waals surface area contributed by atoms with Crippen molar-refractivity contribution in [3.63, 3.8) is 0 Å². The largest absolute Gasteiger partial charge is 0.395 e. The number of aliphatic hydroxyl groups is 1. The zero-order valence-corrected chi connectivity index (χ0v) is 10.8. The van der Waals surface area contributed by atoms with Crippen molar-refractivity contribution in [2.75, 3.05) is 13.2 Å². The molecular weight excluding hydrogens is 250 g/mol. The summed E-state index contributed by atoms with van der Waals surface area (Å²) in [5.74, 6) is -0.366. The summed E-state index contributed by atoms with van der Waals surface area (Å²) in [5, 5.41) is 19.8. The number of nitrogens with zero attached hydrogens (tertiary/aromatic N) is 3. The van der Waals surface area contributed by atoms with Gasteiger partial charge in [-0.1, -0.05) is 0 Å². The molecule has 0 saturated heterocycles. The molecule has 0 bridgehead atoms. The summed E-state index contributed by atoms with van der Waals surface area (Å²) in [4.78, 5) is 24.3. The molecule has 104 valence electrons. The fraction of sp³-hybridized carbons (Fsp3) is 0.583. The second kappa shape index (κ2) is 5.40. The van der Waals surface area contributed by atoms with Crippen LogP contribution in [-0.2, 0) is 7.05 Å². The Kier molecular flexibility index (Phi) is 3.84. The lowest BCUT2D eigenvalue weighted by molar-refractivity contribution is -0.391. The third kappa shape index (κ3) is 2.46. The third-order valence-corrected chi connectivity index (χ3v) is 3.62. The number of hydrogen-bond acceptors (Lipinski definition) is 4. The van der Waals surface area contributed by atoms with Crippen molar-refractivity contribution in [3.05, 3.63) is 27.9 Å². The minimum atomic E-state index is -0.517. The van der Waals surface area contributed by atoms with Crippen molar-refractivity contribution in [2.24, 2.45) is 7.05 Å². The standard InChI is InChI=1S/C12H17N3O4/c1-13-10(5-6-11(13)15(18)19)12(17)14(7-8-16)9-3-2-4-9/h5-6,9,16H,2-4,7-8H2,1H3. The number of amides is 1. The Balaban J connectivity index is 2.23. The quantitative estimate of drug-likeness (QED) is 0.634. The predicted molar refractivity (Wildman–Crippen MR) is 67.8 cm³/mol. The van der Waals surface area contributed by atoms with Gasteiger partial charge in [-0.3, -0.25) is 4.79 Å². The van der Waals surface area contributed by atoms with Crippen molar-refractivity contribution >= 4 is 11.7 Å². The van der Waals surface area contributed by atoms with Crippen LogP contribution in [0.4, 0.5) is 5.82 Å². The number of carbonyl (C=O) groups excluding carboxylic acids is 1. The fourth-order valence-electron chi connectivity index (χ4n) is 2.30. The summed E-state index contributed by atoms with van der Waals surface area (Å²) >= 11 is 0. The highest BCUT2D eigenvalue weighted by Gasteiger charge is 2.32. The van der Waals surface area contributed by atoms with Gasteiger partial charge in [0.1, 0.15) is 0 Å². The van der Waals surface area contributed by atoms with Crippen LogP contribution in [0.3, 0.4) is 0 Å². The molecule has 1 amide bonds. The first-order valence-electron chi connectivity index (χ1n) is 6.28. The van der Waals surface area contributed by atoms with E-state index in [1.165, 1.54) is 23.7 Å². The zero-order valence-electron chi connectivity index (χ0n) is 10.8.